The van der Waals surface area contributed by atoms with Gasteiger partial charge in [-0.05, 0) is 23.6 Å². The summed E-state index contributed by atoms with van der Waals surface area (Å²) >= 11 is 0. The van der Waals surface area contributed by atoms with E-state index in [9.17, 15) is 4.79 Å². The number of para-hydroxylation sites is 1. The van der Waals surface area contributed by atoms with Gasteiger partial charge in [0, 0.05) is 12.2 Å². The Balaban J connectivity index is 2.18. The third-order valence-corrected chi connectivity index (χ3v) is 3.42. The highest BCUT2D eigenvalue weighted by Crippen LogP contribution is 2.22. The van der Waals surface area contributed by atoms with Crippen LogP contribution in [0.2, 0.25) is 0 Å². The number of hydrogen-bond donors (Lipinski definition) is 2. The van der Waals surface area contributed by atoms with E-state index in [1.807, 2.05) is 61.5 Å². The van der Waals surface area contributed by atoms with Crippen LogP contribution in [0.3, 0.4) is 0 Å². The maximum Gasteiger partial charge on any atom is 0.231 e. The Hall–Kier alpha value is -2.13. The molecule has 0 aliphatic heterocycles. The van der Waals surface area contributed by atoms with Gasteiger partial charge in [0.05, 0.1) is 5.92 Å². The topological polar surface area (TPSA) is 55.1 Å². The molecule has 3 nitrogen and oxygen atoms in total. The van der Waals surface area contributed by atoms with Crippen LogP contribution in [0.1, 0.15) is 30.4 Å². The minimum absolute atomic E-state index is 0.0135. The number of nitrogens with two attached hydrogens (primary N) is 1. The number of benzene rings is 2. The molecule has 0 fully saturated rings. The average Bonchev–Trinajstić information content (AvgIpc) is 2.49. The summed E-state index contributed by atoms with van der Waals surface area (Å²) in [7, 11) is 0. The molecule has 104 valence electrons. The Labute approximate surface area is 119 Å². The Bertz CT molecular complexity index is 566. The molecule has 0 spiro atoms. The van der Waals surface area contributed by atoms with E-state index in [4.69, 9.17) is 5.73 Å². The molecule has 1 atom stereocenters. The van der Waals surface area contributed by atoms with Crippen molar-refractivity contribution in [2.75, 3.05) is 5.32 Å². The fourth-order valence-electron chi connectivity index (χ4n) is 2.30. The predicted molar refractivity (Wildman–Crippen MR) is 82.4 cm³/mol. The van der Waals surface area contributed by atoms with Gasteiger partial charge >= 0.3 is 0 Å². The van der Waals surface area contributed by atoms with Crippen molar-refractivity contribution in [3.63, 3.8) is 0 Å². The molecule has 3 N–H and O–H groups in total. The van der Waals surface area contributed by atoms with Crippen LogP contribution in [0, 0.1) is 0 Å². The van der Waals surface area contributed by atoms with E-state index in [-0.39, 0.29) is 11.8 Å². The van der Waals surface area contributed by atoms with Gasteiger partial charge < -0.3 is 11.1 Å². The molecule has 3 heteroatoms. The van der Waals surface area contributed by atoms with E-state index in [0.717, 1.165) is 23.2 Å². The maximum absolute atomic E-state index is 12.5. The molecule has 0 bridgehead atoms. The van der Waals surface area contributed by atoms with Crippen LogP contribution in [-0.2, 0) is 11.3 Å². The molecule has 0 heterocycles. The lowest BCUT2D eigenvalue weighted by Crippen LogP contribution is -2.21. The zero-order chi connectivity index (χ0) is 14.4. The van der Waals surface area contributed by atoms with Crippen molar-refractivity contribution in [2.45, 2.75) is 25.8 Å². The van der Waals surface area contributed by atoms with Gasteiger partial charge in [-0.25, -0.2) is 0 Å². The molecule has 0 saturated carbocycles. The van der Waals surface area contributed by atoms with Crippen molar-refractivity contribution in [2.24, 2.45) is 5.73 Å². The van der Waals surface area contributed by atoms with E-state index in [1.165, 1.54) is 0 Å². The van der Waals surface area contributed by atoms with Crippen LogP contribution < -0.4 is 11.1 Å². The lowest BCUT2D eigenvalue weighted by Gasteiger charge is -2.17. The summed E-state index contributed by atoms with van der Waals surface area (Å²) < 4.78 is 0. The first kappa shape index (κ1) is 14.3. The van der Waals surface area contributed by atoms with E-state index < -0.39 is 0 Å². The summed E-state index contributed by atoms with van der Waals surface area (Å²) in [6.45, 7) is 2.44. The van der Waals surface area contributed by atoms with Crippen LogP contribution >= 0.6 is 0 Å². The van der Waals surface area contributed by atoms with Gasteiger partial charge in [0.1, 0.15) is 0 Å². The quantitative estimate of drug-likeness (QED) is 0.874. The molecular formula is C17H20N2O. The van der Waals surface area contributed by atoms with Gasteiger partial charge in [-0.3, -0.25) is 4.79 Å². The summed E-state index contributed by atoms with van der Waals surface area (Å²) in [5, 5.41) is 2.99. The molecule has 1 amide bonds. The van der Waals surface area contributed by atoms with Crippen molar-refractivity contribution in [1.29, 1.82) is 0 Å². The number of carbonyl (C=O) groups excluding carboxylic acids is 1. The molecule has 20 heavy (non-hydrogen) atoms. The van der Waals surface area contributed by atoms with Gasteiger partial charge in [-0.15, -0.1) is 0 Å². The fraction of sp³-hybridized carbons (Fsp3) is 0.235. The van der Waals surface area contributed by atoms with Crippen molar-refractivity contribution in [3.05, 3.63) is 65.7 Å². The molecule has 2 aromatic carbocycles. The van der Waals surface area contributed by atoms with Crippen molar-refractivity contribution in [3.8, 4) is 0 Å². The van der Waals surface area contributed by atoms with Crippen LogP contribution in [0.15, 0.2) is 54.6 Å². The standard InChI is InChI=1S/C17H20N2O/c1-2-15(13-8-4-3-5-9-13)17(20)19-16-11-7-6-10-14(16)12-18/h3-11,15H,2,12,18H2,1H3,(H,19,20). The molecule has 2 rings (SSSR count). The van der Waals surface area contributed by atoms with E-state index in [0.29, 0.717) is 6.54 Å². The Morgan fingerprint density at radius 1 is 1.10 bits per heavy atom. The Morgan fingerprint density at radius 3 is 2.40 bits per heavy atom. The highest BCUT2D eigenvalue weighted by molar-refractivity contribution is 5.96. The zero-order valence-corrected chi connectivity index (χ0v) is 11.7. The lowest BCUT2D eigenvalue weighted by atomic mass is 9.95. The third kappa shape index (κ3) is 3.25. The average molecular weight is 268 g/mol. The number of hydrogen-bond acceptors (Lipinski definition) is 2. The first-order valence-corrected chi connectivity index (χ1v) is 6.90. The van der Waals surface area contributed by atoms with Crippen LogP contribution in [0.4, 0.5) is 5.69 Å². The third-order valence-electron chi connectivity index (χ3n) is 3.42. The van der Waals surface area contributed by atoms with Gasteiger partial charge in [0.2, 0.25) is 5.91 Å². The van der Waals surface area contributed by atoms with E-state index >= 15 is 0 Å². The number of anilines is 1. The number of rotatable bonds is 5. The van der Waals surface area contributed by atoms with Gasteiger partial charge in [0.25, 0.3) is 0 Å². The predicted octanol–water partition coefficient (Wildman–Crippen LogP) is 3.28. The smallest absolute Gasteiger partial charge is 0.231 e. The van der Waals surface area contributed by atoms with Crippen molar-refractivity contribution >= 4 is 11.6 Å². The number of amides is 1. The van der Waals surface area contributed by atoms with Gasteiger partial charge in [-0.1, -0.05) is 55.5 Å². The minimum atomic E-state index is -0.137. The highest BCUT2D eigenvalue weighted by atomic mass is 16.1. The lowest BCUT2D eigenvalue weighted by molar-refractivity contribution is -0.117. The second kappa shape index (κ2) is 6.87. The molecule has 0 radical (unpaired) electrons. The highest BCUT2D eigenvalue weighted by Gasteiger charge is 2.19. The molecule has 0 aromatic heterocycles. The second-order valence-electron chi connectivity index (χ2n) is 4.72. The van der Waals surface area contributed by atoms with Crippen LogP contribution in [-0.4, -0.2) is 5.91 Å². The maximum atomic E-state index is 12.5. The summed E-state index contributed by atoms with van der Waals surface area (Å²) in [5.41, 5.74) is 8.48. The van der Waals surface area contributed by atoms with Gasteiger partial charge in [-0.2, -0.15) is 0 Å². The van der Waals surface area contributed by atoms with Gasteiger partial charge in [0.15, 0.2) is 0 Å². The monoisotopic (exact) mass is 268 g/mol. The molecular weight excluding hydrogens is 248 g/mol. The molecule has 0 saturated heterocycles. The Morgan fingerprint density at radius 2 is 1.75 bits per heavy atom. The molecule has 0 aliphatic carbocycles. The molecule has 2 aromatic rings. The van der Waals surface area contributed by atoms with Crippen LogP contribution in [0.25, 0.3) is 0 Å². The van der Waals surface area contributed by atoms with Crippen LogP contribution in [0.5, 0.6) is 0 Å². The normalized spacial score (nSPS) is 11.9. The Kier molecular flexibility index (Phi) is 4.91. The largest absolute Gasteiger partial charge is 0.326 e. The SMILES string of the molecule is CCC(C(=O)Nc1ccccc1CN)c1ccccc1. The summed E-state index contributed by atoms with van der Waals surface area (Å²) in [6, 6.07) is 17.5. The second-order valence-corrected chi connectivity index (χ2v) is 4.72. The first-order chi connectivity index (χ1) is 9.76. The van der Waals surface area contributed by atoms with Crippen molar-refractivity contribution < 1.29 is 4.79 Å². The molecule has 0 aliphatic rings. The minimum Gasteiger partial charge on any atom is -0.326 e. The molecule has 1 unspecified atom stereocenters. The van der Waals surface area contributed by atoms with E-state index in [2.05, 4.69) is 5.32 Å². The number of nitrogens with one attached hydrogen (secondary N) is 1. The first-order valence-electron chi connectivity index (χ1n) is 6.90. The zero-order valence-electron chi connectivity index (χ0n) is 11.7. The summed E-state index contributed by atoms with van der Waals surface area (Å²) in [4.78, 5) is 12.5. The van der Waals surface area contributed by atoms with E-state index in [1.54, 1.807) is 0 Å². The van der Waals surface area contributed by atoms with Crippen molar-refractivity contribution in [1.82, 2.24) is 0 Å². The fourth-order valence-corrected chi connectivity index (χ4v) is 2.30. The summed E-state index contributed by atoms with van der Waals surface area (Å²) in [6.07, 6.45) is 0.765. The number of carbonyl (C=O) groups is 1. The summed E-state index contributed by atoms with van der Waals surface area (Å²) in [5.74, 6) is -0.123.